The molecule has 0 radical (unpaired) electrons. The Morgan fingerprint density at radius 2 is 1.73 bits per heavy atom. The topological polar surface area (TPSA) is 20.2 Å². The van der Waals surface area contributed by atoms with E-state index in [1.54, 1.807) is 0 Å². The van der Waals surface area contributed by atoms with Gasteiger partial charge in [0, 0.05) is 5.92 Å². The highest BCUT2D eigenvalue weighted by Crippen LogP contribution is 2.23. The van der Waals surface area contributed by atoms with E-state index in [1.165, 1.54) is 32.1 Å². The first-order valence-corrected chi connectivity index (χ1v) is 6.23. The van der Waals surface area contributed by atoms with E-state index in [2.05, 4.69) is 12.8 Å². The van der Waals surface area contributed by atoms with E-state index in [4.69, 9.17) is 6.42 Å². The average Bonchev–Trinajstić information content (AvgIpc) is 2.22. The normalized spacial score (nSPS) is 16.7. The van der Waals surface area contributed by atoms with Gasteiger partial charge in [0.2, 0.25) is 0 Å². The average molecular weight is 210 g/mol. The van der Waals surface area contributed by atoms with Gasteiger partial charge in [-0.3, -0.25) is 0 Å². The molecular formula is C14H26O. The van der Waals surface area contributed by atoms with E-state index in [1.807, 2.05) is 13.8 Å². The molecule has 88 valence electrons. The SMILES string of the molecule is C#CC(C)C(C)(O)CCCCCCCC. The summed E-state index contributed by atoms with van der Waals surface area (Å²) in [7, 11) is 0. The molecule has 0 aliphatic heterocycles. The summed E-state index contributed by atoms with van der Waals surface area (Å²) in [5, 5.41) is 10.0. The van der Waals surface area contributed by atoms with Gasteiger partial charge in [-0.15, -0.1) is 12.3 Å². The lowest BCUT2D eigenvalue weighted by Gasteiger charge is -2.26. The second-order valence-corrected chi connectivity index (χ2v) is 4.76. The first kappa shape index (κ1) is 14.5. The van der Waals surface area contributed by atoms with Crippen LogP contribution < -0.4 is 0 Å². The Morgan fingerprint density at radius 3 is 2.27 bits per heavy atom. The number of unbranched alkanes of at least 4 members (excludes halogenated alkanes) is 5. The summed E-state index contributed by atoms with van der Waals surface area (Å²) in [5.74, 6) is 2.57. The number of hydrogen-bond acceptors (Lipinski definition) is 1. The molecule has 1 heteroatoms. The molecule has 0 amide bonds. The second kappa shape index (κ2) is 7.77. The van der Waals surface area contributed by atoms with Crippen molar-refractivity contribution in [1.29, 1.82) is 0 Å². The van der Waals surface area contributed by atoms with E-state index in [0.717, 1.165) is 12.8 Å². The van der Waals surface area contributed by atoms with Gasteiger partial charge in [0.05, 0.1) is 5.60 Å². The van der Waals surface area contributed by atoms with E-state index < -0.39 is 5.60 Å². The van der Waals surface area contributed by atoms with E-state index in [9.17, 15) is 5.11 Å². The lowest BCUT2D eigenvalue weighted by Crippen LogP contribution is -2.31. The summed E-state index contributed by atoms with van der Waals surface area (Å²) < 4.78 is 0. The molecule has 0 aromatic heterocycles. The summed E-state index contributed by atoms with van der Waals surface area (Å²) in [5.41, 5.74) is -0.681. The van der Waals surface area contributed by atoms with E-state index in [-0.39, 0.29) is 5.92 Å². The van der Waals surface area contributed by atoms with Crippen LogP contribution in [0.1, 0.15) is 65.7 Å². The maximum atomic E-state index is 10.0. The molecule has 0 spiro atoms. The van der Waals surface area contributed by atoms with Crippen LogP contribution in [0.3, 0.4) is 0 Å². The molecule has 0 aromatic rings. The van der Waals surface area contributed by atoms with Crippen LogP contribution in [0.2, 0.25) is 0 Å². The van der Waals surface area contributed by atoms with Crippen LogP contribution in [0, 0.1) is 18.3 Å². The lowest BCUT2D eigenvalue weighted by atomic mass is 9.86. The van der Waals surface area contributed by atoms with Gasteiger partial charge in [0.1, 0.15) is 0 Å². The molecular weight excluding hydrogens is 184 g/mol. The zero-order valence-electron chi connectivity index (χ0n) is 10.6. The second-order valence-electron chi connectivity index (χ2n) is 4.76. The van der Waals surface area contributed by atoms with Crippen molar-refractivity contribution < 1.29 is 5.11 Å². The monoisotopic (exact) mass is 210 g/mol. The van der Waals surface area contributed by atoms with Crippen LogP contribution in [0.25, 0.3) is 0 Å². The first-order chi connectivity index (χ1) is 7.04. The van der Waals surface area contributed by atoms with Gasteiger partial charge < -0.3 is 5.11 Å². The minimum absolute atomic E-state index is 0.0480. The van der Waals surface area contributed by atoms with Gasteiger partial charge in [-0.05, 0) is 20.3 Å². The third-order valence-electron chi connectivity index (χ3n) is 3.22. The Morgan fingerprint density at radius 1 is 1.20 bits per heavy atom. The minimum Gasteiger partial charge on any atom is -0.389 e. The summed E-state index contributed by atoms with van der Waals surface area (Å²) in [6, 6.07) is 0. The van der Waals surface area contributed by atoms with E-state index in [0.29, 0.717) is 0 Å². The molecule has 0 heterocycles. The van der Waals surface area contributed by atoms with Crippen molar-refractivity contribution in [3.8, 4) is 12.3 Å². The van der Waals surface area contributed by atoms with Gasteiger partial charge in [-0.1, -0.05) is 45.4 Å². The Labute approximate surface area is 95.3 Å². The molecule has 15 heavy (non-hydrogen) atoms. The molecule has 0 rings (SSSR count). The lowest BCUT2D eigenvalue weighted by molar-refractivity contribution is 0.0171. The standard InChI is InChI=1S/C14H26O/c1-5-7-8-9-10-11-12-14(4,15)13(3)6-2/h2,13,15H,5,7-12H2,1,3-4H3. The Bertz CT molecular complexity index is 188. The van der Waals surface area contributed by atoms with Crippen LogP contribution >= 0.6 is 0 Å². The summed E-state index contributed by atoms with van der Waals surface area (Å²) in [6.07, 6.45) is 13.7. The van der Waals surface area contributed by atoms with Crippen molar-refractivity contribution in [2.24, 2.45) is 5.92 Å². The maximum absolute atomic E-state index is 10.0. The fourth-order valence-electron chi connectivity index (χ4n) is 1.66. The number of hydrogen-bond donors (Lipinski definition) is 1. The molecule has 2 unspecified atom stereocenters. The predicted octanol–water partition coefficient (Wildman–Crippen LogP) is 3.76. The van der Waals surface area contributed by atoms with Crippen molar-refractivity contribution >= 4 is 0 Å². The predicted molar refractivity (Wildman–Crippen MR) is 66.6 cm³/mol. The maximum Gasteiger partial charge on any atom is 0.0753 e. The summed E-state index contributed by atoms with van der Waals surface area (Å²) >= 11 is 0. The van der Waals surface area contributed by atoms with Crippen LogP contribution in [0.5, 0.6) is 0 Å². The van der Waals surface area contributed by atoms with Crippen LogP contribution in [-0.2, 0) is 0 Å². The highest BCUT2D eigenvalue weighted by Gasteiger charge is 2.25. The highest BCUT2D eigenvalue weighted by molar-refractivity contribution is 4.99. The molecule has 1 N–H and O–H groups in total. The van der Waals surface area contributed by atoms with Gasteiger partial charge in [-0.2, -0.15) is 0 Å². The number of aliphatic hydroxyl groups is 1. The molecule has 0 aliphatic rings. The van der Waals surface area contributed by atoms with Gasteiger partial charge in [0.15, 0.2) is 0 Å². The fourth-order valence-corrected chi connectivity index (χ4v) is 1.66. The zero-order chi connectivity index (χ0) is 11.7. The molecule has 0 saturated carbocycles. The molecule has 2 atom stereocenters. The van der Waals surface area contributed by atoms with Gasteiger partial charge in [-0.25, -0.2) is 0 Å². The van der Waals surface area contributed by atoms with Crippen molar-refractivity contribution in [1.82, 2.24) is 0 Å². The molecule has 0 aromatic carbocycles. The number of terminal acetylenes is 1. The third kappa shape index (κ3) is 6.57. The minimum atomic E-state index is -0.681. The fraction of sp³-hybridized carbons (Fsp3) is 0.857. The van der Waals surface area contributed by atoms with E-state index >= 15 is 0 Å². The molecule has 0 saturated heterocycles. The van der Waals surface area contributed by atoms with Crippen molar-refractivity contribution in [3.63, 3.8) is 0 Å². The summed E-state index contributed by atoms with van der Waals surface area (Å²) in [4.78, 5) is 0. The Hall–Kier alpha value is -0.480. The number of rotatable bonds is 8. The zero-order valence-corrected chi connectivity index (χ0v) is 10.6. The third-order valence-corrected chi connectivity index (χ3v) is 3.22. The molecule has 1 nitrogen and oxygen atoms in total. The quantitative estimate of drug-likeness (QED) is 0.478. The highest BCUT2D eigenvalue weighted by atomic mass is 16.3. The smallest absolute Gasteiger partial charge is 0.0753 e. The van der Waals surface area contributed by atoms with Crippen LogP contribution in [0.15, 0.2) is 0 Å². The van der Waals surface area contributed by atoms with Gasteiger partial charge in [0.25, 0.3) is 0 Å². The van der Waals surface area contributed by atoms with Crippen LogP contribution in [0.4, 0.5) is 0 Å². The van der Waals surface area contributed by atoms with Crippen molar-refractivity contribution in [2.45, 2.75) is 71.3 Å². The van der Waals surface area contributed by atoms with Crippen molar-refractivity contribution in [2.75, 3.05) is 0 Å². The largest absolute Gasteiger partial charge is 0.389 e. The van der Waals surface area contributed by atoms with Gasteiger partial charge >= 0.3 is 0 Å². The molecule has 0 fully saturated rings. The molecule has 0 aliphatic carbocycles. The van der Waals surface area contributed by atoms with Crippen molar-refractivity contribution in [3.05, 3.63) is 0 Å². The summed E-state index contributed by atoms with van der Waals surface area (Å²) in [6.45, 7) is 5.99. The Balaban J connectivity index is 3.54. The Kier molecular flexibility index (Phi) is 7.52. The molecule has 0 bridgehead atoms. The van der Waals surface area contributed by atoms with Crippen LogP contribution in [-0.4, -0.2) is 10.7 Å². The first-order valence-electron chi connectivity index (χ1n) is 6.23.